The van der Waals surface area contributed by atoms with Crippen molar-refractivity contribution in [3.05, 3.63) is 52.6 Å². The van der Waals surface area contributed by atoms with E-state index in [9.17, 15) is 17.6 Å². The number of aryl methyl sites for hydroxylation is 1. The van der Waals surface area contributed by atoms with Gasteiger partial charge in [0.25, 0.3) is 6.43 Å². The van der Waals surface area contributed by atoms with E-state index < -0.39 is 18.1 Å². The lowest BCUT2D eigenvalue weighted by atomic mass is 10.0. The Balaban J connectivity index is 2.35. The number of fused-ring (bicyclic) bond motifs is 1. The van der Waals surface area contributed by atoms with Crippen LogP contribution in [0.1, 0.15) is 17.7 Å². The summed E-state index contributed by atoms with van der Waals surface area (Å²) in [7, 11) is 0. The molecule has 0 aliphatic rings. The van der Waals surface area contributed by atoms with Crippen molar-refractivity contribution >= 4 is 22.5 Å². The third-order valence-corrected chi connectivity index (χ3v) is 3.43. The van der Waals surface area contributed by atoms with Gasteiger partial charge >= 0.3 is 0 Å². The second-order valence-corrected chi connectivity index (χ2v) is 5.18. The summed E-state index contributed by atoms with van der Waals surface area (Å²) in [4.78, 5) is 11.1. The third-order valence-electron chi connectivity index (χ3n) is 3.25. The van der Waals surface area contributed by atoms with Crippen LogP contribution in [0, 0.1) is 18.6 Å². The van der Waals surface area contributed by atoms with Crippen molar-refractivity contribution in [1.82, 2.24) is 15.0 Å². The molecule has 0 N–H and O–H groups in total. The maximum absolute atomic E-state index is 14.3. The Kier molecular flexibility index (Phi) is 3.89. The lowest BCUT2D eigenvalue weighted by Crippen LogP contribution is -1.98. The monoisotopic (exact) mass is 341 g/mol. The molecular formula is C15H8ClF4N3. The number of nitrogens with zero attached hydrogens (tertiary/aromatic N) is 3. The smallest absolute Gasteiger partial charge is 0.250 e. The molecule has 23 heavy (non-hydrogen) atoms. The van der Waals surface area contributed by atoms with E-state index in [1.54, 1.807) is 0 Å². The maximum Gasteiger partial charge on any atom is 0.264 e. The van der Waals surface area contributed by atoms with E-state index in [-0.39, 0.29) is 38.7 Å². The van der Waals surface area contributed by atoms with Crippen molar-refractivity contribution in [3.8, 4) is 11.3 Å². The number of rotatable bonds is 2. The average Bonchev–Trinajstić information content (AvgIpc) is 2.49. The quantitative estimate of drug-likeness (QED) is 0.493. The fourth-order valence-corrected chi connectivity index (χ4v) is 2.44. The van der Waals surface area contributed by atoms with Crippen LogP contribution in [-0.4, -0.2) is 15.0 Å². The van der Waals surface area contributed by atoms with Crippen LogP contribution >= 0.6 is 11.6 Å². The van der Waals surface area contributed by atoms with Gasteiger partial charge in [0.1, 0.15) is 17.0 Å². The molecule has 1 aromatic carbocycles. The maximum atomic E-state index is 14.3. The fourth-order valence-electron chi connectivity index (χ4n) is 2.31. The minimum Gasteiger partial charge on any atom is -0.250 e. The highest BCUT2D eigenvalue weighted by atomic mass is 35.5. The Hall–Kier alpha value is -2.28. The number of halogens is 5. The van der Waals surface area contributed by atoms with E-state index in [4.69, 9.17) is 11.6 Å². The zero-order chi connectivity index (χ0) is 16.7. The minimum atomic E-state index is -2.83. The largest absolute Gasteiger partial charge is 0.264 e. The summed E-state index contributed by atoms with van der Waals surface area (Å²) in [6, 6.07) is 3.36. The number of hydrogen-bond acceptors (Lipinski definition) is 3. The zero-order valence-corrected chi connectivity index (χ0v) is 12.4. The first-order valence-electron chi connectivity index (χ1n) is 6.44. The number of alkyl halides is 2. The molecule has 0 bridgehead atoms. The molecule has 0 saturated carbocycles. The van der Waals surface area contributed by atoms with E-state index in [0.717, 1.165) is 12.3 Å². The predicted octanol–water partition coefficient (Wildman–Crippen LogP) is 4.87. The SMILES string of the molecule is Cc1cc(C(F)F)c2cc(-c3nc(Cl)ncc3F)cc(F)c2n1. The molecule has 2 aromatic heterocycles. The Morgan fingerprint density at radius 1 is 1.04 bits per heavy atom. The summed E-state index contributed by atoms with van der Waals surface area (Å²) in [5.74, 6) is -1.69. The van der Waals surface area contributed by atoms with Gasteiger partial charge in [-0.1, -0.05) is 0 Å². The number of aromatic nitrogens is 3. The molecule has 0 aliphatic heterocycles. The molecule has 3 aromatic rings. The first-order valence-corrected chi connectivity index (χ1v) is 6.82. The highest BCUT2D eigenvalue weighted by Gasteiger charge is 2.19. The van der Waals surface area contributed by atoms with Gasteiger partial charge in [-0.2, -0.15) is 0 Å². The molecule has 8 heteroatoms. The van der Waals surface area contributed by atoms with Crippen molar-refractivity contribution in [1.29, 1.82) is 0 Å². The van der Waals surface area contributed by atoms with Crippen LogP contribution < -0.4 is 0 Å². The summed E-state index contributed by atoms with van der Waals surface area (Å²) < 4.78 is 54.6. The second kappa shape index (κ2) is 5.73. The van der Waals surface area contributed by atoms with Gasteiger partial charge in [0.05, 0.1) is 6.20 Å². The molecule has 3 nitrogen and oxygen atoms in total. The third kappa shape index (κ3) is 2.84. The molecule has 3 rings (SSSR count). The highest BCUT2D eigenvalue weighted by Crippen LogP contribution is 2.33. The molecule has 118 valence electrons. The summed E-state index contributed by atoms with van der Waals surface area (Å²) in [6.45, 7) is 1.49. The average molecular weight is 342 g/mol. The normalized spacial score (nSPS) is 11.4. The summed E-state index contributed by atoms with van der Waals surface area (Å²) in [5.41, 5.74) is -0.620. The minimum absolute atomic E-state index is 0.0237. The molecule has 0 radical (unpaired) electrons. The van der Waals surface area contributed by atoms with Gasteiger partial charge in [-0.25, -0.2) is 27.5 Å². The Morgan fingerprint density at radius 2 is 1.78 bits per heavy atom. The first-order chi connectivity index (χ1) is 10.9. The Morgan fingerprint density at radius 3 is 2.48 bits per heavy atom. The van der Waals surface area contributed by atoms with E-state index in [1.807, 2.05) is 0 Å². The molecule has 0 amide bonds. The van der Waals surface area contributed by atoms with Crippen molar-refractivity contribution < 1.29 is 17.6 Å². The molecule has 0 aliphatic carbocycles. The van der Waals surface area contributed by atoms with Crippen molar-refractivity contribution in [3.63, 3.8) is 0 Å². The summed E-state index contributed by atoms with van der Waals surface area (Å²) in [6.07, 6.45) is -2.00. The molecule has 2 heterocycles. The topological polar surface area (TPSA) is 38.7 Å². The Bertz CT molecular complexity index is 915. The molecule has 0 unspecified atom stereocenters. The molecule has 0 spiro atoms. The summed E-state index contributed by atoms with van der Waals surface area (Å²) >= 11 is 5.61. The molecular weight excluding hydrogens is 334 g/mol. The number of pyridine rings is 1. The van der Waals surface area contributed by atoms with Gasteiger partial charge in [0, 0.05) is 22.2 Å². The Labute approximate surface area is 133 Å². The van der Waals surface area contributed by atoms with Crippen molar-refractivity contribution in [2.45, 2.75) is 13.3 Å². The lowest BCUT2D eigenvalue weighted by molar-refractivity contribution is 0.153. The van der Waals surface area contributed by atoms with Crippen LogP contribution in [0.25, 0.3) is 22.2 Å². The first kappa shape index (κ1) is 15.6. The van der Waals surface area contributed by atoms with Gasteiger partial charge in [-0.3, -0.25) is 4.98 Å². The van der Waals surface area contributed by atoms with E-state index in [0.29, 0.717) is 0 Å². The number of hydrogen-bond donors (Lipinski definition) is 0. The van der Waals surface area contributed by atoms with Crippen LogP contribution in [-0.2, 0) is 0 Å². The molecule has 0 saturated heterocycles. The predicted molar refractivity (Wildman–Crippen MR) is 77.4 cm³/mol. The molecule has 0 atom stereocenters. The van der Waals surface area contributed by atoms with E-state index in [2.05, 4.69) is 15.0 Å². The van der Waals surface area contributed by atoms with Crippen molar-refractivity contribution in [2.24, 2.45) is 0 Å². The van der Waals surface area contributed by atoms with Gasteiger partial charge in [0.2, 0.25) is 5.28 Å². The van der Waals surface area contributed by atoms with Gasteiger partial charge < -0.3 is 0 Å². The van der Waals surface area contributed by atoms with Gasteiger partial charge in [-0.05, 0) is 36.7 Å². The van der Waals surface area contributed by atoms with Crippen molar-refractivity contribution in [2.75, 3.05) is 0 Å². The molecule has 0 fully saturated rings. The van der Waals surface area contributed by atoms with Crippen LogP contribution in [0.3, 0.4) is 0 Å². The van der Waals surface area contributed by atoms with E-state index in [1.165, 1.54) is 19.1 Å². The second-order valence-electron chi connectivity index (χ2n) is 4.84. The van der Waals surface area contributed by atoms with Crippen LogP contribution in [0.4, 0.5) is 17.6 Å². The van der Waals surface area contributed by atoms with E-state index >= 15 is 0 Å². The highest BCUT2D eigenvalue weighted by molar-refractivity contribution is 6.28. The summed E-state index contributed by atoms with van der Waals surface area (Å²) in [5, 5.41) is -0.340. The standard InChI is InChI=1S/C15H8ClF4N3/c1-6-2-9(14(19)20)8-3-7(4-10(17)13(8)22-6)12-11(18)5-21-15(16)23-12/h2-5,14H,1H3. The fraction of sp³-hybridized carbons (Fsp3) is 0.133. The van der Waals surface area contributed by atoms with Crippen LogP contribution in [0.2, 0.25) is 5.28 Å². The van der Waals surface area contributed by atoms with Crippen LogP contribution in [0.15, 0.2) is 24.4 Å². The van der Waals surface area contributed by atoms with Crippen LogP contribution in [0.5, 0.6) is 0 Å². The van der Waals surface area contributed by atoms with Gasteiger partial charge in [-0.15, -0.1) is 0 Å². The number of benzene rings is 1. The zero-order valence-electron chi connectivity index (χ0n) is 11.6. The lowest BCUT2D eigenvalue weighted by Gasteiger charge is -2.10. The van der Waals surface area contributed by atoms with Gasteiger partial charge in [0.15, 0.2) is 5.82 Å².